The Bertz CT molecular complexity index is 554. The molecular weight excluding hydrogens is 294 g/mol. The summed E-state index contributed by atoms with van der Waals surface area (Å²) < 4.78 is 5.36. The van der Waals surface area contributed by atoms with Crippen molar-refractivity contribution in [3.8, 4) is 0 Å². The molecule has 0 aromatic rings. The molecule has 0 spiro atoms. The van der Waals surface area contributed by atoms with Crippen molar-refractivity contribution in [3.05, 3.63) is 11.1 Å². The molecule has 5 heteroatoms. The minimum absolute atomic E-state index is 0.0649. The summed E-state index contributed by atoms with van der Waals surface area (Å²) in [5.41, 5.74) is 1.57. The van der Waals surface area contributed by atoms with Gasteiger partial charge in [0, 0.05) is 6.61 Å². The number of hydrogen-bond donors (Lipinski definition) is 1. The number of hydrogen-bond acceptors (Lipinski definition) is 4. The molecule has 23 heavy (non-hydrogen) atoms. The lowest BCUT2D eigenvalue weighted by atomic mass is 9.81. The Kier molecular flexibility index (Phi) is 3.43. The van der Waals surface area contributed by atoms with Gasteiger partial charge in [0.15, 0.2) is 0 Å². The zero-order valence-electron chi connectivity index (χ0n) is 13.9. The second kappa shape index (κ2) is 5.15. The minimum atomic E-state index is -1.07. The lowest BCUT2D eigenvalue weighted by Crippen LogP contribution is -2.51. The molecule has 2 bridgehead atoms. The Morgan fingerprint density at radius 1 is 1.22 bits per heavy atom. The van der Waals surface area contributed by atoms with Crippen molar-refractivity contribution in [2.24, 2.45) is 23.7 Å². The van der Waals surface area contributed by atoms with E-state index in [4.69, 9.17) is 4.74 Å². The molecule has 4 aliphatic rings. The third-order valence-corrected chi connectivity index (χ3v) is 6.28. The van der Waals surface area contributed by atoms with Crippen LogP contribution in [0.1, 0.15) is 39.5 Å². The van der Waals surface area contributed by atoms with Gasteiger partial charge < -0.3 is 9.84 Å². The average molecular weight is 319 g/mol. The van der Waals surface area contributed by atoms with Crippen LogP contribution >= 0.6 is 0 Å². The number of carbonyl (C=O) groups excluding carboxylic acids is 2. The van der Waals surface area contributed by atoms with E-state index in [1.54, 1.807) is 0 Å². The molecule has 2 amide bonds. The van der Waals surface area contributed by atoms with E-state index in [0.717, 1.165) is 19.3 Å². The summed E-state index contributed by atoms with van der Waals surface area (Å²) in [7, 11) is 0. The first-order valence-electron chi connectivity index (χ1n) is 8.75. The molecule has 2 aliphatic carbocycles. The summed E-state index contributed by atoms with van der Waals surface area (Å²) in [4.78, 5) is 27.1. The van der Waals surface area contributed by atoms with Crippen molar-refractivity contribution in [1.29, 1.82) is 0 Å². The zero-order valence-corrected chi connectivity index (χ0v) is 13.9. The normalized spacial score (nSPS) is 42.6. The van der Waals surface area contributed by atoms with Crippen molar-refractivity contribution >= 4 is 11.8 Å². The van der Waals surface area contributed by atoms with Crippen LogP contribution in [0, 0.1) is 23.7 Å². The van der Waals surface area contributed by atoms with Crippen molar-refractivity contribution in [2.75, 3.05) is 19.8 Å². The molecule has 5 atom stereocenters. The summed E-state index contributed by atoms with van der Waals surface area (Å²) in [6.07, 6.45) is 3.40. The van der Waals surface area contributed by atoms with Crippen LogP contribution in [-0.2, 0) is 14.3 Å². The summed E-state index contributed by atoms with van der Waals surface area (Å²) in [6, 6.07) is 0. The fourth-order valence-corrected chi connectivity index (χ4v) is 5.47. The SMILES string of the molecule is CC(C)=C1[C@H]2CC[C@@H]1[C@H]1C(=O)N(CC3(O)CCCOC3)C(=O)[C@H]12. The van der Waals surface area contributed by atoms with Gasteiger partial charge in [-0.05, 0) is 51.4 Å². The number of carbonyl (C=O) groups is 2. The maximum absolute atomic E-state index is 12.9. The van der Waals surface area contributed by atoms with E-state index in [0.29, 0.717) is 13.0 Å². The summed E-state index contributed by atoms with van der Waals surface area (Å²) >= 11 is 0. The molecule has 5 nitrogen and oxygen atoms in total. The number of rotatable bonds is 2. The molecule has 0 aromatic heterocycles. The van der Waals surface area contributed by atoms with Crippen LogP contribution in [-0.4, -0.2) is 47.2 Å². The molecule has 2 aliphatic heterocycles. The minimum Gasteiger partial charge on any atom is -0.386 e. The third kappa shape index (κ3) is 2.13. The van der Waals surface area contributed by atoms with E-state index < -0.39 is 5.60 Å². The van der Waals surface area contributed by atoms with Gasteiger partial charge in [0.2, 0.25) is 11.8 Å². The first-order chi connectivity index (χ1) is 10.9. The highest BCUT2D eigenvalue weighted by Gasteiger charge is 2.63. The Morgan fingerprint density at radius 2 is 1.83 bits per heavy atom. The largest absolute Gasteiger partial charge is 0.386 e. The predicted molar refractivity (Wildman–Crippen MR) is 83.3 cm³/mol. The first kappa shape index (κ1) is 15.3. The highest BCUT2D eigenvalue weighted by molar-refractivity contribution is 6.06. The Balaban J connectivity index is 1.59. The number of amides is 2. The topological polar surface area (TPSA) is 66.8 Å². The molecule has 2 saturated carbocycles. The maximum atomic E-state index is 12.9. The number of fused-ring (bicyclic) bond motifs is 5. The van der Waals surface area contributed by atoms with E-state index >= 15 is 0 Å². The van der Waals surface area contributed by atoms with Crippen LogP contribution in [0.4, 0.5) is 0 Å². The molecular formula is C18H25NO4. The number of imide groups is 1. The van der Waals surface area contributed by atoms with Gasteiger partial charge >= 0.3 is 0 Å². The van der Waals surface area contributed by atoms with E-state index in [1.165, 1.54) is 16.0 Å². The Hall–Kier alpha value is -1.20. The number of β-amino-alcohol motifs (C(OH)–C–C–N with tert-alkyl or cyclic N) is 1. The lowest BCUT2D eigenvalue weighted by Gasteiger charge is -2.35. The van der Waals surface area contributed by atoms with Gasteiger partial charge in [-0.1, -0.05) is 11.1 Å². The molecule has 0 aromatic carbocycles. The van der Waals surface area contributed by atoms with Gasteiger partial charge in [-0.15, -0.1) is 0 Å². The van der Waals surface area contributed by atoms with Gasteiger partial charge in [0.1, 0.15) is 5.60 Å². The maximum Gasteiger partial charge on any atom is 0.233 e. The fourth-order valence-electron chi connectivity index (χ4n) is 5.47. The molecule has 2 heterocycles. The van der Waals surface area contributed by atoms with Crippen molar-refractivity contribution in [1.82, 2.24) is 4.90 Å². The molecule has 2 saturated heterocycles. The van der Waals surface area contributed by atoms with Crippen molar-refractivity contribution < 1.29 is 19.4 Å². The van der Waals surface area contributed by atoms with Crippen LogP contribution < -0.4 is 0 Å². The molecule has 4 fully saturated rings. The quantitative estimate of drug-likeness (QED) is 0.619. The number of likely N-dealkylation sites (tertiary alicyclic amines) is 1. The standard InChI is InChI=1S/C18H25NO4/c1-10(2)13-11-4-5-12(13)15-14(11)16(20)19(17(15)21)8-18(22)6-3-7-23-9-18/h11-12,14-15,22H,3-9H2,1-2H3/t11-,12+,14+,15-,18?. The second-order valence-corrected chi connectivity index (χ2v) is 7.94. The third-order valence-electron chi connectivity index (χ3n) is 6.28. The zero-order chi connectivity index (χ0) is 16.4. The van der Waals surface area contributed by atoms with E-state index in [9.17, 15) is 14.7 Å². The predicted octanol–water partition coefficient (Wildman–Crippen LogP) is 1.51. The average Bonchev–Trinajstić information content (AvgIpc) is 3.14. The Morgan fingerprint density at radius 3 is 2.30 bits per heavy atom. The first-order valence-corrected chi connectivity index (χ1v) is 8.75. The van der Waals surface area contributed by atoms with Crippen LogP contribution in [0.3, 0.4) is 0 Å². The molecule has 126 valence electrons. The molecule has 4 rings (SSSR count). The summed E-state index contributed by atoms with van der Waals surface area (Å²) in [6.45, 7) is 5.14. The van der Waals surface area contributed by atoms with Crippen molar-refractivity contribution in [2.45, 2.75) is 45.1 Å². The van der Waals surface area contributed by atoms with Crippen LogP contribution in [0.25, 0.3) is 0 Å². The van der Waals surface area contributed by atoms with E-state index in [2.05, 4.69) is 13.8 Å². The van der Waals surface area contributed by atoms with E-state index in [1.807, 2.05) is 0 Å². The number of aliphatic hydroxyl groups is 1. The smallest absolute Gasteiger partial charge is 0.233 e. The van der Waals surface area contributed by atoms with Gasteiger partial charge in [-0.3, -0.25) is 14.5 Å². The van der Waals surface area contributed by atoms with Gasteiger partial charge in [0.05, 0.1) is 25.0 Å². The number of allylic oxidation sites excluding steroid dienone is 2. The van der Waals surface area contributed by atoms with E-state index in [-0.39, 0.29) is 48.6 Å². The van der Waals surface area contributed by atoms with Gasteiger partial charge in [-0.25, -0.2) is 0 Å². The monoisotopic (exact) mass is 319 g/mol. The summed E-state index contributed by atoms with van der Waals surface area (Å²) in [5, 5.41) is 10.6. The van der Waals surface area contributed by atoms with Crippen molar-refractivity contribution in [3.63, 3.8) is 0 Å². The lowest BCUT2D eigenvalue weighted by molar-refractivity contribution is -0.150. The van der Waals surface area contributed by atoms with Gasteiger partial charge in [0.25, 0.3) is 0 Å². The van der Waals surface area contributed by atoms with Crippen LogP contribution in [0.2, 0.25) is 0 Å². The molecule has 1 N–H and O–H groups in total. The van der Waals surface area contributed by atoms with Crippen LogP contribution in [0.5, 0.6) is 0 Å². The fraction of sp³-hybridized carbons (Fsp3) is 0.778. The summed E-state index contributed by atoms with van der Waals surface area (Å²) in [5.74, 6) is -0.00388. The molecule has 1 unspecified atom stereocenters. The number of ether oxygens (including phenoxy) is 1. The Labute approximate surface area is 136 Å². The second-order valence-electron chi connectivity index (χ2n) is 7.94. The highest BCUT2D eigenvalue weighted by atomic mass is 16.5. The number of nitrogens with zero attached hydrogens (tertiary/aromatic N) is 1. The molecule has 0 radical (unpaired) electrons. The van der Waals surface area contributed by atoms with Crippen LogP contribution in [0.15, 0.2) is 11.1 Å². The highest BCUT2D eigenvalue weighted by Crippen LogP contribution is 2.60. The van der Waals surface area contributed by atoms with Gasteiger partial charge in [-0.2, -0.15) is 0 Å².